The van der Waals surface area contributed by atoms with E-state index in [4.69, 9.17) is 0 Å². The Morgan fingerprint density at radius 3 is 2.50 bits per heavy atom. The first kappa shape index (κ1) is 19.8. The Bertz CT molecular complexity index is 1220. The van der Waals surface area contributed by atoms with Crippen LogP contribution in [0.15, 0.2) is 65.8 Å². The summed E-state index contributed by atoms with van der Waals surface area (Å²) in [6.07, 6.45) is 4.98. The number of hydrogen-bond acceptors (Lipinski definition) is 7. The SMILES string of the molecule is Cc1ccc([N+](=O)[O-])cc1N1C(=O)[C@@H]2[C@H](C1=O)[C@H](C(=O)c1ccccc1)N1N=CC=C[C@H]21. The Hall–Kier alpha value is -4.14. The lowest BCUT2D eigenvalue weighted by Gasteiger charge is -2.30. The maximum absolute atomic E-state index is 13.6. The van der Waals surface area contributed by atoms with Crippen molar-refractivity contribution in [2.75, 3.05) is 4.90 Å². The van der Waals surface area contributed by atoms with Gasteiger partial charge in [0.15, 0.2) is 5.78 Å². The van der Waals surface area contributed by atoms with Gasteiger partial charge in [0, 0.05) is 23.9 Å². The molecule has 0 aromatic heterocycles. The van der Waals surface area contributed by atoms with Gasteiger partial charge in [0.25, 0.3) is 5.69 Å². The molecule has 160 valence electrons. The van der Waals surface area contributed by atoms with Crippen LogP contribution in [0.1, 0.15) is 15.9 Å². The van der Waals surface area contributed by atoms with Gasteiger partial charge in [-0.1, -0.05) is 42.5 Å². The highest BCUT2D eigenvalue weighted by molar-refractivity contribution is 6.25. The molecule has 3 heterocycles. The number of benzene rings is 2. The van der Waals surface area contributed by atoms with Crippen LogP contribution in [0.4, 0.5) is 11.4 Å². The number of fused-ring (bicyclic) bond motifs is 3. The van der Waals surface area contributed by atoms with E-state index < -0.39 is 40.7 Å². The molecule has 3 aliphatic rings. The summed E-state index contributed by atoms with van der Waals surface area (Å²) >= 11 is 0. The number of rotatable bonds is 4. The lowest BCUT2D eigenvalue weighted by molar-refractivity contribution is -0.384. The molecule has 9 nitrogen and oxygen atoms in total. The van der Waals surface area contributed by atoms with Crippen molar-refractivity contribution in [2.24, 2.45) is 16.9 Å². The van der Waals surface area contributed by atoms with Gasteiger partial charge in [0.05, 0.1) is 28.5 Å². The van der Waals surface area contributed by atoms with Crippen LogP contribution in [0, 0.1) is 28.9 Å². The van der Waals surface area contributed by atoms with Crippen LogP contribution in [-0.2, 0) is 9.59 Å². The number of Topliss-reactive ketones (excluding diaryl/α,β-unsaturated/α-hetero) is 1. The third-order valence-electron chi connectivity index (χ3n) is 6.26. The first-order valence-electron chi connectivity index (χ1n) is 10.1. The van der Waals surface area contributed by atoms with E-state index in [1.165, 1.54) is 29.4 Å². The van der Waals surface area contributed by atoms with Gasteiger partial charge in [-0.15, -0.1) is 0 Å². The maximum Gasteiger partial charge on any atom is 0.271 e. The Balaban J connectivity index is 1.60. The predicted octanol–water partition coefficient (Wildman–Crippen LogP) is 2.50. The fourth-order valence-electron chi connectivity index (χ4n) is 4.80. The minimum atomic E-state index is -0.950. The molecule has 4 atom stereocenters. The van der Waals surface area contributed by atoms with Crippen LogP contribution in [0.5, 0.6) is 0 Å². The average Bonchev–Trinajstić information content (AvgIpc) is 3.27. The zero-order chi connectivity index (χ0) is 22.6. The molecule has 9 heteroatoms. The number of imide groups is 1. The van der Waals surface area contributed by atoms with E-state index in [2.05, 4.69) is 5.10 Å². The van der Waals surface area contributed by atoms with E-state index >= 15 is 0 Å². The van der Waals surface area contributed by atoms with Crippen molar-refractivity contribution in [3.63, 3.8) is 0 Å². The van der Waals surface area contributed by atoms with E-state index in [-0.39, 0.29) is 17.2 Å². The van der Waals surface area contributed by atoms with Gasteiger partial charge in [-0.25, -0.2) is 4.90 Å². The normalized spacial score (nSPS) is 25.8. The zero-order valence-corrected chi connectivity index (χ0v) is 17.0. The molecule has 0 unspecified atom stereocenters. The molecule has 0 bridgehead atoms. The molecular formula is C23H18N4O5. The molecule has 3 aliphatic heterocycles. The third kappa shape index (κ3) is 2.78. The van der Waals surface area contributed by atoms with E-state index in [1.807, 2.05) is 0 Å². The molecule has 2 saturated heterocycles. The van der Waals surface area contributed by atoms with Crippen molar-refractivity contribution in [2.45, 2.75) is 19.0 Å². The number of nitro groups is 1. The minimum absolute atomic E-state index is 0.171. The number of ketones is 1. The maximum atomic E-state index is 13.6. The number of carbonyl (C=O) groups excluding carboxylic acids is 3. The first-order chi connectivity index (χ1) is 15.4. The number of hydrogen-bond donors (Lipinski definition) is 0. The van der Waals surface area contributed by atoms with Crippen LogP contribution in [0.2, 0.25) is 0 Å². The molecule has 0 aliphatic carbocycles. The molecule has 2 aromatic rings. The lowest BCUT2D eigenvalue weighted by Crippen LogP contribution is -2.46. The second kappa shape index (κ2) is 7.23. The quantitative estimate of drug-likeness (QED) is 0.319. The number of allylic oxidation sites excluding steroid dienone is 1. The number of aryl methyl sites for hydroxylation is 1. The number of nitro benzene ring substituents is 1. The van der Waals surface area contributed by atoms with Crippen molar-refractivity contribution in [3.05, 3.63) is 81.9 Å². The zero-order valence-electron chi connectivity index (χ0n) is 17.0. The number of non-ortho nitro benzene ring substituents is 1. The smallest absolute Gasteiger partial charge is 0.271 e. The van der Waals surface area contributed by atoms with Crippen molar-refractivity contribution >= 4 is 35.2 Å². The number of carbonyl (C=O) groups is 3. The van der Waals surface area contributed by atoms with Crippen molar-refractivity contribution in [3.8, 4) is 0 Å². The van der Waals surface area contributed by atoms with Gasteiger partial charge in [0.1, 0.15) is 6.04 Å². The molecule has 2 fully saturated rings. The van der Waals surface area contributed by atoms with E-state index in [1.54, 1.807) is 49.4 Å². The average molecular weight is 430 g/mol. The van der Waals surface area contributed by atoms with Crippen LogP contribution in [0.25, 0.3) is 0 Å². The molecule has 2 aromatic carbocycles. The van der Waals surface area contributed by atoms with Gasteiger partial charge in [-0.3, -0.25) is 29.5 Å². The second-order valence-corrected chi connectivity index (χ2v) is 7.99. The van der Waals surface area contributed by atoms with E-state index in [0.29, 0.717) is 11.1 Å². The minimum Gasteiger partial charge on any atom is -0.292 e. The van der Waals surface area contributed by atoms with Gasteiger partial charge >= 0.3 is 0 Å². The molecule has 0 spiro atoms. The molecule has 0 radical (unpaired) electrons. The Kier molecular flexibility index (Phi) is 4.47. The number of hydrazone groups is 1. The largest absolute Gasteiger partial charge is 0.292 e. The van der Waals surface area contributed by atoms with Gasteiger partial charge in [-0.2, -0.15) is 5.10 Å². The lowest BCUT2D eigenvalue weighted by atomic mass is 9.86. The standard InChI is InChI=1S/C23H18N4O5/c1-13-9-10-15(27(31)32)12-17(13)25-22(29)18-16-8-5-11-24-26(16)20(19(18)23(25)30)21(28)14-6-3-2-4-7-14/h2-12,16,18-20H,1H3/t16-,18+,19+,20-/m1/s1. The van der Waals surface area contributed by atoms with Crippen LogP contribution in [0.3, 0.4) is 0 Å². The highest BCUT2D eigenvalue weighted by Crippen LogP contribution is 2.47. The molecular weight excluding hydrogens is 412 g/mol. The summed E-state index contributed by atoms with van der Waals surface area (Å²) in [5, 5.41) is 17.1. The van der Waals surface area contributed by atoms with Crippen LogP contribution in [-0.4, -0.2) is 45.8 Å². The fourth-order valence-corrected chi connectivity index (χ4v) is 4.80. The summed E-state index contributed by atoms with van der Waals surface area (Å²) in [7, 11) is 0. The van der Waals surface area contributed by atoms with Crippen LogP contribution < -0.4 is 4.90 Å². The summed E-state index contributed by atoms with van der Waals surface area (Å²) < 4.78 is 0. The molecule has 0 saturated carbocycles. The van der Waals surface area contributed by atoms with Crippen molar-refractivity contribution in [1.82, 2.24) is 5.01 Å². The fraction of sp³-hybridized carbons (Fsp3) is 0.217. The number of amides is 2. The summed E-state index contributed by atoms with van der Waals surface area (Å²) in [6, 6.07) is 11.1. The van der Waals surface area contributed by atoms with Crippen LogP contribution >= 0.6 is 0 Å². The highest BCUT2D eigenvalue weighted by atomic mass is 16.6. The van der Waals surface area contributed by atoms with Crippen molar-refractivity contribution < 1.29 is 19.3 Å². The monoisotopic (exact) mass is 430 g/mol. The van der Waals surface area contributed by atoms with E-state index in [0.717, 1.165) is 4.90 Å². The summed E-state index contributed by atoms with van der Waals surface area (Å²) in [5.41, 5.74) is 0.928. The summed E-state index contributed by atoms with van der Waals surface area (Å²) in [6.45, 7) is 1.68. The van der Waals surface area contributed by atoms with Gasteiger partial charge < -0.3 is 0 Å². The predicted molar refractivity (Wildman–Crippen MR) is 115 cm³/mol. The van der Waals surface area contributed by atoms with Gasteiger partial charge in [0.2, 0.25) is 11.8 Å². The molecule has 0 N–H and O–H groups in total. The van der Waals surface area contributed by atoms with E-state index in [9.17, 15) is 24.5 Å². The first-order valence-corrected chi connectivity index (χ1v) is 10.1. The molecule has 5 rings (SSSR count). The van der Waals surface area contributed by atoms with Crippen molar-refractivity contribution in [1.29, 1.82) is 0 Å². The highest BCUT2D eigenvalue weighted by Gasteiger charge is 2.64. The molecule has 32 heavy (non-hydrogen) atoms. The third-order valence-corrected chi connectivity index (χ3v) is 6.26. The topological polar surface area (TPSA) is 113 Å². The Morgan fingerprint density at radius 1 is 1.06 bits per heavy atom. The number of anilines is 1. The summed E-state index contributed by atoms with van der Waals surface area (Å²) in [5.74, 6) is -3.08. The molecule has 2 amide bonds. The summed E-state index contributed by atoms with van der Waals surface area (Å²) in [4.78, 5) is 52.2. The Labute approximate surface area is 182 Å². The second-order valence-electron chi connectivity index (χ2n) is 7.99. The Morgan fingerprint density at radius 2 is 1.78 bits per heavy atom. The number of nitrogens with zero attached hydrogens (tertiary/aromatic N) is 4. The van der Waals surface area contributed by atoms with Gasteiger partial charge in [-0.05, 0) is 18.6 Å².